The second kappa shape index (κ2) is 8.91. The van der Waals surface area contributed by atoms with Gasteiger partial charge in [0.1, 0.15) is 5.75 Å². The number of halogens is 2. The zero-order valence-electron chi connectivity index (χ0n) is 22.1. The minimum Gasteiger partial charge on any atom is -0.434 e. The number of rotatable bonds is 4. The molecule has 0 saturated carbocycles. The molecule has 1 aliphatic carbocycles. The van der Waals surface area contributed by atoms with Gasteiger partial charge in [-0.25, -0.2) is 19.5 Å². The van der Waals surface area contributed by atoms with E-state index in [9.17, 15) is 13.6 Å². The first kappa shape index (κ1) is 24.8. The van der Waals surface area contributed by atoms with Crippen LogP contribution in [0.25, 0.3) is 16.9 Å². The zero-order chi connectivity index (χ0) is 27.8. The molecule has 206 valence electrons. The van der Waals surface area contributed by atoms with Crippen molar-refractivity contribution >= 4 is 17.5 Å². The monoisotopic (exact) mass is 546 g/mol. The lowest BCUT2D eigenvalue weighted by Gasteiger charge is -2.36. The molecule has 3 aliphatic rings. The zero-order valence-corrected chi connectivity index (χ0v) is 22.1. The van der Waals surface area contributed by atoms with Gasteiger partial charge in [-0.15, -0.1) is 0 Å². The summed E-state index contributed by atoms with van der Waals surface area (Å²) in [5.41, 5.74) is 10.4. The number of nitrogens with two attached hydrogens (primary N) is 1. The molecule has 1 saturated heterocycles. The summed E-state index contributed by atoms with van der Waals surface area (Å²) in [5, 5.41) is 4.77. The first-order valence-electron chi connectivity index (χ1n) is 13.3. The van der Waals surface area contributed by atoms with Gasteiger partial charge in [-0.05, 0) is 44.4 Å². The highest BCUT2D eigenvalue weighted by atomic mass is 19.3. The van der Waals surface area contributed by atoms with Gasteiger partial charge in [0.15, 0.2) is 5.65 Å². The van der Waals surface area contributed by atoms with Gasteiger partial charge in [-0.3, -0.25) is 4.79 Å². The van der Waals surface area contributed by atoms with Crippen molar-refractivity contribution in [2.24, 2.45) is 5.73 Å². The van der Waals surface area contributed by atoms with Crippen molar-refractivity contribution in [1.29, 1.82) is 0 Å². The number of carbonyl (C=O) groups excluding carboxylic acids is 1. The first-order valence-corrected chi connectivity index (χ1v) is 13.3. The molecule has 2 N–H and O–H groups in total. The highest BCUT2D eigenvalue weighted by molar-refractivity contribution is 5.98. The molecule has 1 fully saturated rings. The Labute approximate surface area is 228 Å². The van der Waals surface area contributed by atoms with Crippen LogP contribution in [0.2, 0.25) is 0 Å². The molecule has 2 unspecified atom stereocenters. The Bertz CT molecular complexity index is 1630. The molecule has 1 aromatic carbocycles. The van der Waals surface area contributed by atoms with Crippen LogP contribution < -0.4 is 15.4 Å². The van der Waals surface area contributed by atoms with E-state index < -0.39 is 6.61 Å². The lowest BCUT2D eigenvalue weighted by atomic mass is 9.89. The highest BCUT2D eigenvalue weighted by Crippen LogP contribution is 2.53. The third-order valence-electron chi connectivity index (χ3n) is 8.44. The maximum Gasteiger partial charge on any atom is 0.387 e. The van der Waals surface area contributed by atoms with E-state index in [2.05, 4.69) is 21.8 Å². The molecule has 0 radical (unpaired) electrons. The first-order chi connectivity index (χ1) is 19.2. The Morgan fingerprint density at radius 2 is 1.88 bits per heavy atom. The van der Waals surface area contributed by atoms with Crippen molar-refractivity contribution in [2.45, 2.75) is 50.3 Å². The molecule has 5 heterocycles. The van der Waals surface area contributed by atoms with Crippen LogP contribution in [0.3, 0.4) is 0 Å². The molecular formula is C28H28F2N8O2. The maximum atomic E-state index is 13.4. The molecular weight excluding hydrogens is 518 g/mol. The average molecular weight is 547 g/mol. The lowest BCUT2D eigenvalue weighted by Crippen LogP contribution is -2.48. The minimum absolute atomic E-state index is 0.0000870. The summed E-state index contributed by atoms with van der Waals surface area (Å²) in [4.78, 5) is 31.2. The van der Waals surface area contributed by atoms with E-state index in [1.165, 1.54) is 6.07 Å². The second-order valence-corrected chi connectivity index (χ2v) is 11.1. The van der Waals surface area contributed by atoms with Crippen LogP contribution in [0.5, 0.6) is 5.75 Å². The minimum atomic E-state index is -3.01. The summed E-state index contributed by atoms with van der Waals surface area (Å²) in [6.45, 7) is 0.661. The van der Waals surface area contributed by atoms with Crippen molar-refractivity contribution < 1.29 is 18.3 Å². The smallest absolute Gasteiger partial charge is 0.387 e. The number of piperidine rings is 1. The number of nitrogens with zero attached hydrogens (tertiary/aromatic N) is 7. The molecule has 3 aromatic heterocycles. The van der Waals surface area contributed by atoms with Crippen molar-refractivity contribution in [3.8, 4) is 17.0 Å². The van der Waals surface area contributed by atoms with E-state index in [1.54, 1.807) is 41.0 Å². The SMILES string of the molecule is CN1C(=O)c2cccc(OC(F)F)c2C2CC1c1nn3ccc(-c4cnc(N5CCC(C)(N)CC5)nc4)nc3c12. The average Bonchev–Trinajstić information content (AvgIpc) is 3.46. The number of hydrogen-bond acceptors (Lipinski definition) is 8. The van der Waals surface area contributed by atoms with Gasteiger partial charge in [-0.1, -0.05) is 6.07 Å². The topological polar surface area (TPSA) is 115 Å². The van der Waals surface area contributed by atoms with Crippen LogP contribution in [0.1, 0.15) is 65.3 Å². The van der Waals surface area contributed by atoms with Crippen LogP contribution in [0.15, 0.2) is 42.9 Å². The lowest BCUT2D eigenvalue weighted by molar-refractivity contribution is -0.0505. The summed E-state index contributed by atoms with van der Waals surface area (Å²) in [5.74, 6) is 0.0251. The number of alkyl halides is 2. The Kier molecular flexibility index (Phi) is 5.53. The summed E-state index contributed by atoms with van der Waals surface area (Å²) in [6, 6.07) is 6.23. The number of ether oxygens (including phenoxy) is 1. The van der Waals surface area contributed by atoms with E-state index in [0.29, 0.717) is 40.5 Å². The van der Waals surface area contributed by atoms with Crippen LogP contribution in [-0.2, 0) is 0 Å². The third-order valence-corrected chi connectivity index (χ3v) is 8.44. The predicted molar refractivity (Wildman–Crippen MR) is 142 cm³/mol. The van der Waals surface area contributed by atoms with Gasteiger partial charge >= 0.3 is 6.61 Å². The third kappa shape index (κ3) is 3.88. The molecule has 1 amide bonds. The van der Waals surface area contributed by atoms with Gasteiger partial charge in [-0.2, -0.15) is 13.9 Å². The predicted octanol–water partition coefficient (Wildman–Crippen LogP) is 3.77. The second-order valence-electron chi connectivity index (χ2n) is 11.1. The number of anilines is 1. The van der Waals surface area contributed by atoms with E-state index >= 15 is 0 Å². The molecule has 12 heteroatoms. The number of carbonyl (C=O) groups is 1. The molecule has 40 heavy (non-hydrogen) atoms. The Morgan fingerprint density at radius 3 is 2.60 bits per heavy atom. The standard InChI is InChI=1S/C28H28F2N8O2/c1-28(31)7-10-37(11-8-28)27-32-13-15(14-33-27)18-6-9-38-24(34-18)22-17-12-19(23(22)35-38)36(2)25(39)16-4-3-5-20(21(16)17)40-26(29)30/h3-6,9,13-14,17,19,26H,7-8,10-12,31H2,1-2H3. The molecule has 2 aliphatic heterocycles. The maximum absolute atomic E-state index is 13.4. The quantitative estimate of drug-likeness (QED) is 0.412. The fraction of sp³-hybridized carbons (Fsp3) is 0.393. The van der Waals surface area contributed by atoms with Crippen molar-refractivity contribution in [3.63, 3.8) is 0 Å². The molecule has 7 rings (SSSR count). The van der Waals surface area contributed by atoms with Gasteiger partial charge in [0.25, 0.3) is 5.91 Å². The summed E-state index contributed by atoms with van der Waals surface area (Å²) in [6.07, 6.45) is 7.58. The number of benzene rings is 1. The van der Waals surface area contributed by atoms with Crippen LogP contribution >= 0.6 is 0 Å². The van der Waals surface area contributed by atoms with Gasteiger partial charge in [0.2, 0.25) is 5.95 Å². The molecule has 2 bridgehead atoms. The number of amides is 1. The summed E-state index contributed by atoms with van der Waals surface area (Å²) in [7, 11) is 1.72. The highest BCUT2D eigenvalue weighted by Gasteiger charge is 2.46. The normalized spacial score (nSPS) is 21.5. The van der Waals surface area contributed by atoms with E-state index in [-0.39, 0.29) is 29.2 Å². The summed E-state index contributed by atoms with van der Waals surface area (Å²) >= 11 is 0. The fourth-order valence-corrected chi connectivity index (χ4v) is 6.22. The number of fused-ring (bicyclic) bond motifs is 9. The van der Waals surface area contributed by atoms with Gasteiger partial charge in [0, 0.05) is 72.4 Å². The fourth-order valence-electron chi connectivity index (χ4n) is 6.22. The van der Waals surface area contributed by atoms with Crippen LogP contribution in [0.4, 0.5) is 14.7 Å². The largest absolute Gasteiger partial charge is 0.434 e. The van der Waals surface area contributed by atoms with Gasteiger partial charge in [0.05, 0.1) is 17.4 Å². The van der Waals surface area contributed by atoms with Gasteiger partial charge < -0.3 is 20.3 Å². The van der Waals surface area contributed by atoms with Crippen LogP contribution in [0, 0.1) is 0 Å². The Balaban J connectivity index is 1.29. The van der Waals surface area contributed by atoms with E-state index in [0.717, 1.165) is 37.1 Å². The molecule has 2 atom stereocenters. The summed E-state index contributed by atoms with van der Waals surface area (Å²) < 4.78 is 33.3. The molecule has 0 spiro atoms. The van der Waals surface area contributed by atoms with Crippen molar-refractivity contribution in [2.75, 3.05) is 25.0 Å². The Hall–Kier alpha value is -4.19. The van der Waals surface area contributed by atoms with E-state index in [4.69, 9.17) is 20.6 Å². The van der Waals surface area contributed by atoms with Crippen LogP contribution in [-0.4, -0.2) is 67.7 Å². The molecule has 4 aromatic rings. The van der Waals surface area contributed by atoms with Crippen molar-refractivity contribution in [1.82, 2.24) is 29.5 Å². The van der Waals surface area contributed by atoms with E-state index in [1.807, 2.05) is 12.3 Å². The Morgan fingerprint density at radius 1 is 1.12 bits per heavy atom. The number of hydrogen-bond donors (Lipinski definition) is 1. The van der Waals surface area contributed by atoms with Crippen molar-refractivity contribution in [3.05, 3.63) is 65.2 Å². The number of aromatic nitrogens is 5. The molecule has 10 nitrogen and oxygen atoms in total.